The molecule has 1 N–H and O–H groups in total. The summed E-state index contributed by atoms with van der Waals surface area (Å²) < 4.78 is 5.75. The molecule has 0 aliphatic carbocycles. The second kappa shape index (κ2) is 5.96. The molecule has 2 fully saturated rings. The number of ether oxygens (including phenoxy) is 1. The summed E-state index contributed by atoms with van der Waals surface area (Å²) in [7, 11) is 4.46. The van der Waals surface area contributed by atoms with E-state index in [1.165, 1.54) is 25.9 Å². The predicted octanol–water partition coefficient (Wildman–Crippen LogP) is 0.000800. The normalized spacial score (nSPS) is 29.8. The number of hydrogen-bond donors (Lipinski definition) is 1. The summed E-state index contributed by atoms with van der Waals surface area (Å²) in [5.41, 5.74) is 0. The van der Waals surface area contributed by atoms with Crippen molar-refractivity contribution in [3.63, 3.8) is 0 Å². The van der Waals surface area contributed by atoms with Crippen molar-refractivity contribution in [1.82, 2.24) is 15.1 Å². The maximum atomic E-state index is 5.75. The van der Waals surface area contributed by atoms with E-state index in [2.05, 4.69) is 29.2 Å². The van der Waals surface area contributed by atoms with E-state index in [0.717, 1.165) is 32.3 Å². The summed E-state index contributed by atoms with van der Waals surface area (Å²) >= 11 is 0. The van der Waals surface area contributed by atoms with Crippen LogP contribution in [0.1, 0.15) is 12.8 Å². The van der Waals surface area contributed by atoms with Crippen molar-refractivity contribution in [2.24, 2.45) is 0 Å². The Bertz CT molecular complexity index is 198. The SMILES string of the molecule is CN1CCC(N(C)CC2CNCCO2)CC1. The largest absolute Gasteiger partial charge is 0.374 e. The fourth-order valence-electron chi connectivity index (χ4n) is 2.64. The molecule has 4 heteroatoms. The highest BCUT2D eigenvalue weighted by Crippen LogP contribution is 2.14. The number of likely N-dealkylation sites (N-methyl/N-ethyl adjacent to an activating group) is 1. The van der Waals surface area contributed by atoms with Crippen molar-refractivity contribution < 1.29 is 4.74 Å². The second-order valence-corrected chi connectivity index (χ2v) is 5.17. The molecule has 4 nitrogen and oxygen atoms in total. The minimum atomic E-state index is 0.387. The van der Waals surface area contributed by atoms with Gasteiger partial charge in [0.15, 0.2) is 0 Å². The molecule has 16 heavy (non-hydrogen) atoms. The molecule has 0 radical (unpaired) electrons. The van der Waals surface area contributed by atoms with Crippen LogP contribution in [0.2, 0.25) is 0 Å². The van der Waals surface area contributed by atoms with Gasteiger partial charge in [0.05, 0.1) is 12.7 Å². The lowest BCUT2D eigenvalue weighted by Crippen LogP contribution is -2.49. The third-order valence-electron chi connectivity index (χ3n) is 3.81. The molecule has 2 rings (SSSR count). The lowest BCUT2D eigenvalue weighted by atomic mass is 10.0. The minimum Gasteiger partial charge on any atom is -0.374 e. The van der Waals surface area contributed by atoms with Crippen molar-refractivity contribution in [1.29, 1.82) is 0 Å². The molecule has 2 aliphatic rings. The van der Waals surface area contributed by atoms with E-state index in [0.29, 0.717) is 6.10 Å². The van der Waals surface area contributed by atoms with Gasteiger partial charge in [-0.2, -0.15) is 0 Å². The summed E-state index contributed by atoms with van der Waals surface area (Å²) in [6.45, 7) is 6.43. The van der Waals surface area contributed by atoms with Gasteiger partial charge in [-0.15, -0.1) is 0 Å². The Labute approximate surface area is 98.9 Å². The van der Waals surface area contributed by atoms with Crippen LogP contribution in [0.3, 0.4) is 0 Å². The van der Waals surface area contributed by atoms with Crippen LogP contribution in [0.5, 0.6) is 0 Å². The molecule has 1 atom stereocenters. The van der Waals surface area contributed by atoms with Crippen LogP contribution >= 0.6 is 0 Å². The molecule has 0 amide bonds. The summed E-state index contributed by atoms with van der Waals surface area (Å²) in [4.78, 5) is 4.91. The predicted molar refractivity (Wildman–Crippen MR) is 65.8 cm³/mol. The maximum Gasteiger partial charge on any atom is 0.0826 e. The highest BCUT2D eigenvalue weighted by atomic mass is 16.5. The molecule has 2 aliphatic heterocycles. The van der Waals surface area contributed by atoms with Crippen LogP contribution < -0.4 is 5.32 Å². The van der Waals surface area contributed by atoms with E-state index < -0.39 is 0 Å². The smallest absolute Gasteiger partial charge is 0.0826 e. The topological polar surface area (TPSA) is 27.7 Å². The van der Waals surface area contributed by atoms with Crippen LogP contribution in [0.15, 0.2) is 0 Å². The van der Waals surface area contributed by atoms with Gasteiger partial charge in [-0.1, -0.05) is 0 Å². The number of nitrogens with zero attached hydrogens (tertiary/aromatic N) is 2. The lowest BCUT2D eigenvalue weighted by molar-refractivity contribution is -0.00245. The first kappa shape index (κ1) is 12.3. The number of piperidine rings is 1. The highest BCUT2D eigenvalue weighted by molar-refractivity contribution is 4.79. The minimum absolute atomic E-state index is 0.387. The van der Waals surface area contributed by atoms with Gasteiger partial charge in [-0.3, -0.25) is 0 Å². The third-order valence-corrected chi connectivity index (χ3v) is 3.81. The maximum absolute atomic E-state index is 5.75. The number of morpholine rings is 1. The molecule has 0 aromatic rings. The van der Waals surface area contributed by atoms with Crippen molar-refractivity contribution in [2.45, 2.75) is 25.0 Å². The van der Waals surface area contributed by atoms with E-state index in [-0.39, 0.29) is 0 Å². The number of likely N-dealkylation sites (tertiary alicyclic amines) is 1. The summed E-state index contributed by atoms with van der Waals surface area (Å²) in [5.74, 6) is 0. The van der Waals surface area contributed by atoms with Crippen LogP contribution in [-0.4, -0.2) is 75.4 Å². The molecule has 0 aromatic carbocycles. The van der Waals surface area contributed by atoms with Crippen molar-refractivity contribution in [3.05, 3.63) is 0 Å². The number of nitrogens with one attached hydrogen (secondary N) is 1. The molecule has 0 bridgehead atoms. The molecule has 0 spiro atoms. The van der Waals surface area contributed by atoms with E-state index in [1.807, 2.05) is 0 Å². The van der Waals surface area contributed by atoms with Crippen molar-refractivity contribution in [2.75, 3.05) is 53.4 Å². The van der Waals surface area contributed by atoms with E-state index in [4.69, 9.17) is 4.74 Å². The second-order valence-electron chi connectivity index (χ2n) is 5.17. The Morgan fingerprint density at radius 3 is 2.75 bits per heavy atom. The van der Waals surface area contributed by atoms with Crippen molar-refractivity contribution >= 4 is 0 Å². The Morgan fingerprint density at radius 2 is 2.12 bits per heavy atom. The van der Waals surface area contributed by atoms with E-state index in [9.17, 15) is 0 Å². The first-order valence-electron chi connectivity index (χ1n) is 6.47. The van der Waals surface area contributed by atoms with Crippen LogP contribution in [0.4, 0.5) is 0 Å². The fourth-order valence-corrected chi connectivity index (χ4v) is 2.64. The molecule has 0 saturated carbocycles. The Kier molecular flexibility index (Phi) is 4.58. The van der Waals surface area contributed by atoms with E-state index in [1.54, 1.807) is 0 Å². The fraction of sp³-hybridized carbons (Fsp3) is 1.00. The van der Waals surface area contributed by atoms with Gasteiger partial charge in [0.25, 0.3) is 0 Å². The molecular weight excluding hydrogens is 202 g/mol. The quantitative estimate of drug-likeness (QED) is 0.734. The van der Waals surface area contributed by atoms with Crippen molar-refractivity contribution in [3.8, 4) is 0 Å². The van der Waals surface area contributed by atoms with Gasteiger partial charge in [0, 0.05) is 25.7 Å². The first-order valence-corrected chi connectivity index (χ1v) is 6.47. The van der Waals surface area contributed by atoms with Crippen LogP contribution in [-0.2, 0) is 4.74 Å². The monoisotopic (exact) mass is 227 g/mol. The van der Waals surface area contributed by atoms with Crippen LogP contribution in [0.25, 0.3) is 0 Å². The molecule has 2 saturated heterocycles. The zero-order valence-corrected chi connectivity index (χ0v) is 10.6. The summed E-state index contributed by atoms with van der Waals surface area (Å²) in [6.07, 6.45) is 2.98. The Balaban J connectivity index is 1.72. The van der Waals surface area contributed by atoms with Gasteiger partial charge in [0.1, 0.15) is 0 Å². The third kappa shape index (κ3) is 3.42. The Hall–Kier alpha value is -0.160. The average molecular weight is 227 g/mol. The van der Waals surface area contributed by atoms with E-state index >= 15 is 0 Å². The number of rotatable bonds is 3. The van der Waals surface area contributed by atoms with Gasteiger partial charge < -0.3 is 19.9 Å². The number of hydrogen-bond acceptors (Lipinski definition) is 4. The standard InChI is InChI=1S/C12H25N3O/c1-14-6-3-11(4-7-14)15(2)10-12-9-13-5-8-16-12/h11-13H,3-10H2,1-2H3. The molecule has 2 heterocycles. The van der Waals surface area contributed by atoms with Gasteiger partial charge >= 0.3 is 0 Å². The molecule has 0 aromatic heterocycles. The summed E-state index contributed by atoms with van der Waals surface area (Å²) in [5, 5.41) is 3.39. The zero-order chi connectivity index (χ0) is 11.4. The zero-order valence-electron chi connectivity index (χ0n) is 10.6. The molecule has 94 valence electrons. The summed E-state index contributed by atoms with van der Waals surface area (Å²) in [6, 6.07) is 0.752. The lowest BCUT2D eigenvalue weighted by Gasteiger charge is -2.37. The Morgan fingerprint density at radius 1 is 1.38 bits per heavy atom. The molecule has 1 unspecified atom stereocenters. The van der Waals surface area contributed by atoms with Gasteiger partial charge in [-0.05, 0) is 40.0 Å². The first-order chi connectivity index (χ1) is 7.75. The average Bonchev–Trinajstić information content (AvgIpc) is 2.31. The van der Waals surface area contributed by atoms with Crippen LogP contribution in [0, 0.1) is 0 Å². The molecular formula is C12H25N3O. The van der Waals surface area contributed by atoms with Gasteiger partial charge in [0.2, 0.25) is 0 Å². The van der Waals surface area contributed by atoms with Gasteiger partial charge in [-0.25, -0.2) is 0 Å². The highest BCUT2D eigenvalue weighted by Gasteiger charge is 2.23.